The number of benzene rings is 3. The highest BCUT2D eigenvalue weighted by Crippen LogP contribution is 2.51. The minimum Gasteiger partial charge on any atom is -0.469 e. The van der Waals surface area contributed by atoms with Gasteiger partial charge in [0.2, 0.25) is 0 Å². The SMILES string of the molecule is COC(=O)C1C(C)CC(OC(C)=O)CC12OC(COCc1ccccc1)C(OCc1ccccc1)C(C)C2OCc1ccccc1. The first kappa shape index (κ1) is 33.8. The van der Waals surface area contributed by atoms with E-state index < -0.39 is 35.9 Å². The van der Waals surface area contributed by atoms with Crippen molar-refractivity contribution in [3.8, 4) is 0 Å². The van der Waals surface area contributed by atoms with Crippen molar-refractivity contribution >= 4 is 11.9 Å². The van der Waals surface area contributed by atoms with Gasteiger partial charge in [-0.05, 0) is 29.0 Å². The Labute approximate surface area is 272 Å². The number of methoxy groups -OCH3 is 1. The molecule has 8 unspecified atom stereocenters. The molecule has 246 valence electrons. The molecule has 3 aromatic rings. The zero-order valence-corrected chi connectivity index (χ0v) is 27.2. The van der Waals surface area contributed by atoms with Crippen molar-refractivity contribution in [2.45, 2.75) is 83.5 Å². The summed E-state index contributed by atoms with van der Waals surface area (Å²) in [5.74, 6) is -1.86. The van der Waals surface area contributed by atoms with E-state index in [1.807, 2.05) is 97.9 Å². The first-order valence-corrected chi connectivity index (χ1v) is 16.2. The summed E-state index contributed by atoms with van der Waals surface area (Å²) in [5.41, 5.74) is 1.90. The maximum Gasteiger partial charge on any atom is 0.311 e. The summed E-state index contributed by atoms with van der Waals surface area (Å²) in [7, 11) is 1.40. The fraction of sp³-hybridized carbons (Fsp3) is 0.474. The van der Waals surface area contributed by atoms with Crippen molar-refractivity contribution < 1.29 is 38.0 Å². The predicted molar refractivity (Wildman–Crippen MR) is 172 cm³/mol. The van der Waals surface area contributed by atoms with Gasteiger partial charge in [-0.1, -0.05) is 105 Å². The first-order valence-electron chi connectivity index (χ1n) is 16.2. The van der Waals surface area contributed by atoms with Crippen LogP contribution in [0.4, 0.5) is 0 Å². The van der Waals surface area contributed by atoms with Crippen LogP contribution in [0, 0.1) is 17.8 Å². The second-order valence-corrected chi connectivity index (χ2v) is 12.6. The number of hydrogen-bond donors (Lipinski definition) is 0. The van der Waals surface area contributed by atoms with E-state index in [1.54, 1.807) is 0 Å². The Balaban J connectivity index is 1.52. The van der Waals surface area contributed by atoms with Crippen LogP contribution in [-0.2, 0) is 57.8 Å². The maximum absolute atomic E-state index is 13.7. The van der Waals surface area contributed by atoms with Crippen LogP contribution in [-0.4, -0.2) is 55.7 Å². The molecule has 1 aliphatic carbocycles. The molecule has 2 aliphatic rings. The third-order valence-corrected chi connectivity index (χ3v) is 9.23. The molecule has 8 heteroatoms. The summed E-state index contributed by atoms with van der Waals surface area (Å²) >= 11 is 0. The molecule has 2 fully saturated rings. The Hall–Kier alpha value is -3.56. The molecular formula is C38H46O8. The molecule has 1 saturated carbocycles. The van der Waals surface area contributed by atoms with Gasteiger partial charge in [0.15, 0.2) is 0 Å². The van der Waals surface area contributed by atoms with Gasteiger partial charge < -0.3 is 28.4 Å². The van der Waals surface area contributed by atoms with Crippen molar-refractivity contribution in [3.63, 3.8) is 0 Å². The number of rotatable bonds is 12. The zero-order chi connectivity index (χ0) is 32.5. The van der Waals surface area contributed by atoms with Crippen LogP contribution in [0.3, 0.4) is 0 Å². The van der Waals surface area contributed by atoms with Gasteiger partial charge in [-0.15, -0.1) is 0 Å². The fourth-order valence-electron chi connectivity index (χ4n) is 7.34. The molecule has 1 heterocycles. The van der Waals surface area contributed by atoms with Gasteiger partial charge in [-0.25, -0.2) is 0 Å². The van der Waals surface area contributed by atoms with Crippen molar-refractivity contribution in [1.29, 1.82) is 0 Å². The van der Waals surface area contributed by atoms with Gasteiger partial charge in [-0.2, -0.15) is 0 Å². The smallest absolute Gasteiger partial charge is 0.311 e. The normalized spacial score (nSPS) is 29.3. The minimum absolute atomic E-state index is 0.215. The van der Waals surface area contributed by atoms with Crippen LogP contribution in [0.1, 0.15) is 50.3 Å². The number of carbonyl (C=O) groups is 2. The summed E-state index contributed by atoms with van der Waals surface area (Å²) in [5, 5.41) is 0. The lowest BCUT2D eigenvalue weighted by Crippen LogP contribution is -2.70. The Morgan fingerprint density at radius 2 is 1.35 bits per heavy atom. The molecule has 1 saturated heterocycles. The van der Waals surface area contributed by atoms with Crippen molar-refractivity contribution in [2.75, 3.05) is 13.7 Å². The molecule has 3 aromatic carbocycles. The number of ether oxygens (including phenoxy) is 6. The third kappa shape index (κ3) is 8.04. The van der Waals surface area contributed by atoms with Crippen LogP contribution in [0.5, 0.6) is 0 Å². The number of carbonyl (C=O) groups excluding carboxylic acids is 2. The van der Waals surface area contributed by atoms with E-state index in [1.165, 1.54) is 14.0 Å². The molecule has 1 aliphatic heterocycles. The van der Waals surface area contributed by atoms with E-state index in [4.69, 9.17) is 28.4 Å². The first-order chi connectivity index (χ1) is 22.3. The van der Waals surface area contributed by atoms with Gasteiger partial charge in [0.05, 0.1) is 51.7 Å². The molecule has 0 radical (unpaired) electrons. The van der Waals surface area contributed by atoms with Crippen LogP contribution in [0.2, 0.25) is 0 Å². The molecule has 8 nitrogen and oxygen atoms in total. The van der Waals surface area contributed by atoms with E-state index in [0.29, 0.717) is 26.2 Å². The van der Waals surface area contributed by atoms with E-state index in [9.17, 15) is 9.59 Å². The second-order valence-electron chi connectivity index (χ2n) is 12.6. The van der Waals surface area contributed by atoms with Crippen molar-refractivity contribution in [3.05, 3.63) is 108 Å². The number of esters is 2. The third-order valence-electron chi connectivity index (χ3n) is 9.23. The Morgan fingerprint density at radius 1 is 0.804 bits per heavy atom. The van der Waals surface area contributed by atoms with E-state index in [-0.39, 0.29) is 36.8 Å². The molecule has 1 spiro atoms. The number of hydrogen-bond acceptors (Lipinski definition) is 8. The van der Waals surface area contributed by atoms with E-state index in [0.717, 1.165) is 16.7 Å². The molecular weight excluding hydrogens is 584 g/mol. The lowest BCUT2D eigenvalue weighted by Gasteiger charge is -2.58. The zero-order valence-electron chi connectivity index (χ0n) is 27.2. The van der Waals surface area contributed by atoms with Crippen LogP contribution < -0.4 is 0 Å². The largest absolute Gasteiger partial charge is 0.469 e. The predicted octanol–water partition coefficient (Wildman–Crippen LogP) is 6.30. The van der Waals surface area contributed by atoms with Crippen LogP contribution in [0.25, 0.3) is 0 Å². The topological polar surface area (TPSA) is 89.5 Å². The molecule has 0 aromatic heterocycles. The van der Waals surface area contributed by atoms with E-state index in [2.05, 4.69) is 6.92 Å². The Morgan fingerprint density at radius 3 is 1.89 bits per heavy atom. The van der Waals surface area contributed by atoms with Gasteiger partial charge in [0.25, 0.3) is 0 Å². The average Bonchev–Trinajstić information content (AvgIpc) is 3.05. The van der Waals surface area contributed by atoms with Gasteiger partial charge in [0, 0.05) is 19.3 Å². The minimum atomic E-state index is -1.17. The lowest BCUT2D eigenvalue weighted by atomic mass is 9.61. The highest BCUT2D eigenvalue weighted by Gasteiger charge is 2.64. The summed E-state index contributed by atoms with van der Waals surface area (Å²) in [6, 6.07) is 29.9. The second kappa shape index (κ2) is 15.8. The summed E-state index contributed by atoms with van der Waals surface area (Å²) in [6.45, 7) is 6.79. The van der Waals surface area contributed by atoms with E-state index >= 15 is 0 Å². The highest BCUT2D eigenvalue weighted by molar-refractivity contribution is 5.75. The standard InChI is InChI=1S/C38H46O8/c1-26-20-32(45-28(3)39)21-38(34(26)37(40)41-4)36(44-24-31-18-12-7-13-19-31)27(2)35(43-23-30-16-10-6-11-17-30)33(46-38)25-42-22-29-14-8-5-9-15-29/h5-19,26-27,32-36H,20-25H2,1-4H3. The average molecular weight is 631 g/mol. The van der Waals surface area contributed by atoms with Gasteiger partial charge >= 0.3 is 11.9 Å². The maximum atomic E-state index is 13.7. The molecule has 0 bridgehead atoms. The summed E-state index contributed by atoms with van der Waals surface area (Å²) in [6.07, 6.45) is -1.24. The summed E-state index contributed by atoms with van der Waals surface area (Å²) in [4.78, 5) is 25.9. The van der Waals surface area contributed by atoms with Crippen LogP contribution in [0.15, 0.2) is 91.0 Å². The molecule has 8 atom stereocenters. The molecule has 5 rings (SSSR count). The molecule has 46 heavy (non-hydrogen) atoms. The van der Waals surface area contributed by atoms with Crippen LogP contribution >= 0.6 is 0 Å². The lowest BCUT2D eigenvalue weighted by molar-refractivity contribution is -0.314. The Bertz CT molecular complexity index is 1380. The quantitative estimate of drug-likeness (QED) is 0.216. The molecule has 0 amide bonds. The van der Waals surface area contributed by atoms with Gasteiger partial charge in [-0.3, -0.25) is 9.59 Å². The summed E-state index contributed by atoms with van der Waals surface area (Å²) < 4.78 is 38.2. The monoisotopic (exact) mass is 630 g/mol. The Kier molecular flexibility index (Phi) is 11.6. The molecule has 0 N–H and O–H groups in total. The van der Waals surface area contributed by atoms with Crippen molar-refractivity contribution in [2.24, 2.45) is 17.8 Å². The van der Waals surface area contributed by atoms with Crippen molar-refractivity contribution in [1.82, 2.24) is 0 Å². The fourth-order valence-corrected chi connectivity index (χ4v) is 7.34. The van der Waals surface area contributed by atoms with Gasteiger partial charge in [0.1, 0.15) is 17.8 Å². The highest BCUT2D eigenvalue weighted by atomic mass is 16.6.